The summed E-state index contributed by atoms with van der Waals surface area (Å²) < 4.78 is 6.15. The Kier molecular flexibility index (Phi) is 3.92. The molecule has 1 fully saturated rings. The van der Waals surface area contributed by atoms with Gasteiger partial charge >= 0.3 is 0 Å². The van der Waals surface area contributed by atoms with E-state index in [4.69, 9.17) is 15.6 Å². The molecule has 20 heavy (non-hydrogen) atoms. The molecule has 0 unspecified atom stereocenters. The molecular weight excluding hydrogens is 274 g/mol. The first-order chi connectivity index (χ1) is 9.38. The summed E-state index contributed by atoms with van der Waals surface area (Å²) in [7, 11) is 0. The Morgan fingerprint density at radius 2 is 2.00 bits per heavy atom. The zero-order valence-corrected chi connectivity index (χ0v) is 10.2. The summed E-state index contributed by atoms with van der Waals surface area (Å²) >= 11 is 0. The quantitative estimate of drug-likeness (QED) is 0.335. The van der Waals surface area contributed by atoms with Gasteiger partial charge in [0.25, 0.3) is 5.91 Å². The van der Waals surface area contributed by atoms with E-state index in [1.807, 2.05) is 0 Å². The van der Waals surface area contributed by atoms with Crippen LogP contribution in [0.2, 0.25) is 0 Å². The lowest BCUT2D eigenvalue weighted by Crippen LogP contribution is -2.56. The van der Waals surface area contributed by atoms with Crippen molar-refractivity contribution in [3.63, 3.8) is 0 Å². The summed E-state index contributed by atoms with van der Waals surface area (Å²) in [5.41, 5.74) is 4.66. The number of imidazole rings is 1. The number of hydrogen-bond donors (Lipinski definition) is 6. The van der Waals surface area contributed by atoms with Crippen molar-refractivity contribution in [2.45, 2.75) is 30.6 Å². The van der Waals surface area contributed by atoms with Crippen molar-refractivity contribution in [2.75, 3.05) is 6.61 Å². The molecule has 7 N–H and O–H groups in total. The lowest BCUT2D eigenvalue weighted by Gasteiger charge is -2.40. The zero-order valence-electron chi connectivity index (χ0n) is 10.2. The number of aromatic nitrogens is 2. The number of carbonyl (C=O) groups is 1. The van der Waals surface area contributed by atoms with Crippen molar-refractivity contribution in [3.05, 3.63) is 12.0 Å². The van der Waals surface area contributed by atoms with Crippen LogP contribution in [0.5, 0.6) is 5.88 Å². The van der Waals surface area contributed by atoms with Gasteiger partial charge in [-0.15, -0.1) is 0 Å². The lowest BCUT2D eigenvalue weighted by molar-refractivity contribution is -0.251. The first kappa shape index (κ1) is 14.7. The van der Waals surface area contributed by atoms with Gasteiger partial charge in [0.15, 0.2) is 11.9 Å². The molecule has 1 aliphatic heterocycles. The van der Waals surface area contributed by atoms with Gasteiger partial charge in [0, 0.05) is 0 Å². The number of nitrogens with two attached hydrogens (primary N) is 1. The number of rotatable bonds is 3. The molecule has 10 nitrogen and oxygen atoms in total. The molecule has 10 heteroatoms. The van der Waals surface area contributed by atoms with Crippen LogP contribution in [0.25, 0.3) is 0 Å². The molecule has 2 rings (SSSR count). The first-order valence-corrected chi connectivity index (χ1v) is 5.74. The molecular formula is C10H15N3O7. The van der Waals surface area contributed by atoms with Gasteiger partial charge in [-0.25, -0.2) is 4.98 Å². The fourth-order valence-corrected chi connectivity index (χ4v) is 2.09. The molecule has 0 spiro atoms. The van der Waals surface area contributed by atoms with Gasteiger partial charge in [0.05, 0.1) is 6.61 Å². The van der Waals surface area contributed by atoms with Crippen molar-refractivity contribution in [2.24, 2.45) is 5.73 Å². The van der Waals surface area contributed by atoms with Crippen molar-refractivity contribution in [1.29, 1.82) is 0 Å². The van der Waals surface area contributed by atoms with Crippen LogP contribution in [0.15, 0.2) is 6.33 Å². The van der Waals surface area contributed by atoms with E-state index in [1.54, 1.807) is 0 Å². The molecule has 1 saturated heterocycles. The second-order valence-electron chi connectivity index (χ2n) is 4.41. The molecule has 1 aromatic heterocycles. The molecule has 1 amide bonds. The molecule has 0 aliphatic carbocycles. The highest BCUT2D eigenvalue weighted by molar-refractivity contribution is 5.93. The second kappa shape index (κ2) is 5.34. The van der Waals surface area contributed by atoms with Gasteiger partial charge in [-0.1, -0.05) is 0 Å². The smallest absolute Gasteiger partial charge is 0.271 e. The Morgan fingerprint density at radius 1 is 1.35 bits per heavy atom. The van der Waals surface area contributed by atoms with Crippen molar-refractivity contribution >= 4 is 5.91 Å². The van der Waals surface area contributed by atoms with Gasteiger partial charge in [-0.3, -0.25) is 9.36 Å². The molecule has 0 radical (unpaired) electrons. The number of carbonyl (C=O) groups excluding carboxylic acids is 1. The topological polar surface area (TPSA) is 171 Å². The Bertz CT molecular complexity index is 503. The second-order valence-corrected chi connectivity index (χ2v) is 4.41. The third-order valence-corrected chi connectivity index (χ3v) is 3.15. The monoisotopic (exact) mass is 289 g/mol. The zero-order chi connectivity index (χ0) is 15.0. The first-order valence-electron chi connectivity index (χ1n) is 5.74. The highest BCUT2D eigenvalue weighted by Gasteiger charge is 2.45. The number of aliphatic hydroxyl groups is 4. The maximum Gasteiger partial charge on any atom is 0.271 e. The number of aliphatic hydroxyl groups excluding tert-OH is 4. The number of primary amides is 1. The Hall–Kier alpha value is -1.72. The summed E-state index contributed by atoms with van der Waals surface area (Å²) in [6, 6.07) is 0. The number of aromatic hydroxyl groups is 1. The van der Waals surface area contributed by atoms with E-state index < -0.39 is 54.7 Å². The van der Waals surface area contributed by atoms with Crippen LogP contribution in [0, 0.1) is 0 Å². The minimum atomic E-state index is -1.61. The molecule has 1 aromatic rings. The van der Waals surface area contributed by atoms with Crippen molar-refractivity contribution < 1.29 is 35.1 Å². The Morgan fingerprint density at radius 3 is 2.55 bits per heavy atom. The summed E-state index contributed by atoms with van der Waals surface area (Å²) in [6.45, 7) is -0.617. The van der Waals surface area contributed by atoms with E-state index in [9.17, 15) is 25.2 Å². The molecule has 112 valence electrons. The summed E-state index contributed by atoms with van der Waals surface area (Å²) in [5, 5.41) is 47.7. The number of hydrogen-bond acceptors (Lipinski definition) is 8. The molecule has 0 saturated carbocycles. The van der Waals surface area contributed by atoms with Gasteiger partial charge in [-0.2, -0.15) is 0 Å². The van der Waals surface area contributed by atoms with E-state index in [0.29, 0.717) is 0 Å². The summed E-state index contributed by atoms with van der Waals surface area (Å²) in [5.74, 6) is -1.67. The number of ether oxygens (including phenoxy) is 1. The van der Waals surface area contributed by atoms with Crippen molar-refractivity contribution in [1.82, 2.24) is 9.55 Å². The van der Waals surface area contributed by atoms with Crippen LogP contribution < -0.4 is 5.73 Å². The standard InChI is InChI=1S/C10H15N3O7/c11-8(18)4-9(19)12-2-13(4)10-7(17)6(16)5(15)3(1-14)20-10/h2-3,5-7,10,14-17,19H,1H2,(H2,11,18)/t3-,5+,6+,7-,10-/m1/s1. The highest BCUT2D eigenvalue weighted by Crippen LogP contribution is 2.30. The van der Waals surface area contributed by atoms with Crippen LogP contribution in [0.4, 0.5) is 0 Å². The fraction of sp³-hybridized carbons (Fsp3) is 0.600. The van der Waals surface area contributed by atoms with Gasteiger partial charge in [0.1, 0.15) is 30.7 Å². The Balaban J connectivity index is 2.39. The van der Waals surface area contributed by atoms with E-state index in [-0.39, 0.29) is 0 Å². The maximum atomic E-state index is 11.3. The average molecular weight is 289 g/mol. The Labute approximate surface area is 112 Å². The third kappa shape index (κ3) is 2.23. The average Bonchev–Trinajstić information content (AvgIpc) is 2.78. The molecule has 0 bridgehead atoms. The molecule has 2 heterocycles. The highest BCUT2D eigenvalue weighted by atomic mass is 16.6. The SMILES string of the molecule is NC(=O)c1c(O)ncn1[C@@H]1O[C@H](CO)[C@H](O)[C@H](O)[C@H]1O. The maximum absolute atomic E-state index is 11.3. The fourth-order valence-electron chi connectivity index (χ4n) is 2.09. The van der Waals surface area contributed by atoms with Gasteiger partial charge < -0.3 is 36.0 Å². The summed E-state index contributed by atoms with van der Waals surface area (Å²) in [6.07, 6.45) is -6.26. The van der Waals surface area contributed by atoms with E-state index in [2.05, 4.69) is 4.98 Å². The van der Waals surface area contributed by atoms with Gasteiger partial charge in [-0.05, 0) is 0 Å². The molecule has 0 aromatic carbocycles. The van der Waals surface area contributed by atoms with Crippen LogP contribution in [-0.4, -0.2) is 72.0 Å². The van der Waals surface area contributed by atoms with Crippen LogP contribution in [0.1, 0.15) is 16.7 Å². The number of nitrogens with zero attached hydrogens (tertiary/aromatic N) is 2. The minimum absolute atomic E-state index is 0.422. The molecule has 1 aliphatic rings. The predicted octanol–water partition coefficient (Wildman–Crippen LogP) is -3.34. The number of amides is 1. The third-order valence-electron chi connectivity index (χ3n) is 3.15. The van der Waals surface area contributed by atoms with Gasteiger partial charge in [0.2, 0.25) is 5.88 Å². The predicted molar refractivity (Wildman–Crippen MR) is 61.4 cm³/mol. The lowest BCUT2D eigenvalue weighted by atomic mass is 9.98. The summed E-state index contributed by atoms with van der Waals surface area (Å²) in [4.78, 5) is 14.7. The molecule has 5 atom stereocenters. The minimum Gasteiger partial charge on any atom is -0.492 e. The van der Waals surface area contributed by atoms with E-state index in [0.717, 1.165) is 10.9 Å². The van der Waals surface area contributed by atoms with E-state index >= 15 is 0 Å². The van der Waals surface area contributed by atoms with E-state index in [1.165, 1.54) is 0 Å². The van der Waals surface area contributed by atoms with Crippen LogP contribution in [-0.2, 0) is 4.74 Å². The van der Waals surface area contributed by atoms with Crippen LogP contribution >= 0.6 is 0 Å². The van der Waals surface area contributed by atoms with Crippen molar-refractivity contribution in [3.8, 4) is 5.88 Å². The largest absolute Gasteiger partial charge is 0.492 e. The normalized spacial score (nSPS) is 34.1. The van der Waals surface area contributed by atoms with Crippen LogP contribution in [0.3, 0.4) is 0 Å².